The molecule has 7 heteroatoms. The molecule has 1 amide bonds. The number of carbonyl (C=O) groups excluding carboxylic acids is 1. The molecule has 0 unspecified atom stereocenters. The van der Waals surface area contributed by atoms with Crippen LogP contribution in [0.3, 0.4) is 0 Å². The van der Waals surface area contributed by atoms with Crippen LogP contribution in [-0.2, 0) is 12.0 Å². The number of nitrogens with one attached hydrogen (secondary N) is 1. The lowest BCUT2D eigenvalue weighted by atomic mass is 9.95. The van der Waals surface area contributed by atoms with Gasteiger partial charge in [-0.25, -0.2) is 9.37 Å². The zero-order chi connectivity index (χ0) is 19.6. The van der Waals surface area contributed by atoms with Gasteiger partial charge in [0.2, 0.25) is 0 Å². The molecule has 0 aliphatic rings. The van der Waals surface area contributed by atoms with Gasteiger partial charge in [0.25, 0.3) is 11.5 Å². The van der Waals surface area contributed by atoms with Crippen LogP contribution in [0.25, 0.3) is 0 Å². The molecule has 0 atom stereocenters. The number of methoxy groups -OCH3 is 1. The monoisotopic (exact) mass is 361 g/mol. The van der Waals surface area contributed by atoms with Crippen molar-refractivity contribution >= 4 is 5.91 Å². The van der Waals surface area contributed by atoms with E-state index in [1.54, 1.807) is 20.0 Å². The van der Waals surface area contributed by atoms with Gasteiger partial charge in [0, 0.05) is 19.0 Å². The van der Waals surface area contributed by atoms with Crippen molar-refractivity contribution in [2.24, 2.45) is 0 Å². The van der Waals surface area contributed by atoms with Gasteiger partial charge >= 0.3 is 0 Å². The second-order valence-electron chi connectivity index (χ2n) is 7.26. The Morgan fingerprint density at radius 2 is 2.00 bits per heavy atom. The molecule has 0 aliphatic heterocycles. The lowest BCUT2D eigenvalue weighted by Crippen LogP contribution is -2.34. The largest absolute Gasteiger partial charge is 0.494 e. The van der Waals surface area contributed by atoms with Crippen LogP contribution in [-0.4, -0.2) is 34.9 Å². The molecule has 6 nitrogen and oxygen atoms in total. The first-order valence-electron chi connectivity index (χ1n) is 8.24. The molecule has 0 saturated carbocycles. The Balaban J connectivity index is 2.28. The summed E-state index contributed by atoms with van der Waals surface area (Å²) in [7, 11) is 2.94. The van der Waals surface area contributed by atoms with Crippen LogP contribution in [0.1, 0.15) is 48.2 Å². The van der Waals surface area contributed by atoms with Crippen LogP contribution < -0.4 is 10.3 Å². The Morgan fingerprint density at radius 1 is 1.35 bits per heavy atom. The Hall–Kier alpha value is -2.70. The molecule has 1 aromatic carbocycles. The Morgan fingerprint density at radius 3 is 2.50 bits per heavy atom. The smallest absolute Gasteiger partial charge is 0.264 e. The van der Waals surface area contributed by atoms with Crippen molar-refractivity contribution in [3.63, 3.8) is 0 Å². The van der Waals surface area contributed by atoms with Gasteiger partial charge in [-0.1, -0.05) is 26.8 Å². The summed E-state index contributed by atoms with van der Waals surface area (Å²) in [6, 6.07) is 4.48. The highest BCUT2D eigenvalue weighted by Gasteiger charge is 2.24. The molecular weight excluding hydrogens is 337 g/mol. The highest BCUT2D eigenvalue weighted by atomic mass is 19.1. The SMILES string of the molecule is COc1ccc(CN(C)C(=O)c2c(C)nc(C(C)(C)C)[nH]c2=O)cc1F. The van der Waals surface area contributed by atoms with Crippen LogP contribution in [0.15, 0.2) is 23.0 Å². The average Bonchev–Trinajstić information content (AvgIpc) is 2.53. The summed E-state index contributed by atoms with van der Waals surface area (Å²) in [4.78, 5) is 33.6. The number of amides is 1. The predicted octanol–water partition coefficient (Wildman–Crippen LogP) is 2.80. The first-order chi connectivity index (χ1) is 12.0. The molecule has 0 fully saturated rings. The molecule has 0 saturated heterocycles. The highest BCUT2D eigenvalue weighted by molar-refractivity contribution is 5.94. The molecule has 140 valence electrons. The van der Waals surface area contributed by atoms with E-state index in [-0.39, 0.29) is 23.3 Å². The van der Waals surface area contributed by atoms with Crippen molar-refractivity contribution in [2.45, 2.75) is 39.7 Å². The number of aromatic nitrogens is 2. The maximum atomic E-state index is 13.8. The fraction of sp³-hybridized carbons (Fsp3) is 0.421. The van der Waals surface area contributed by atoms with E-state index in [0.29, 0.717) is 17.1 Å². The molecular formula is C19H24FN3O3. The number of hydrogen-bond donors (Lipinski definition) is 1. The zero-order valence-electron chi connectivity index (χ0n) is 15.9. The van der Waals surface area contributed by atoms with Crippen LogP contribution in [0.2, 0.25) is 0 Å². The third-order valence-corrected chi connectivity index (χ3v) is 4.01. The first-order valence-corrected chi connectivity index (χ1v) is 8.24. The fourth-order valence-corrected chi connectivity index (χ4v) is 2.54. The van der Waals surface area contributed by atoms with Gasteiger partial charge in [-0.2, -0.15) is 0 Å². The average molecular weight is 361 g/mol. The van der Waals surface area contributed by atoms with Gasteiger partial charge in [0.1, 0.15) is 11.4 Å². The number of hydrogen-bond acceptors (Lipinski definition) is 4. The van der Waals surface area contributed by atoms with Crippen molar-refractivity contribution in [1.29, 1.82) is 0 Å². The van der Waals surface area contributed by atoms with Crippen molar-refractivity contribution in [2.75, 3.05) is 14.2 Å². The summed E-state index contributed by atoms with van der Waals surface area (Å²) in [6.45, 7) is 7.57. The van der Waals surface area contributed by atoms with E-state index in [9.17, 15) is 14.0 Å². The van der Waals surface area contributed by atoms with Crippen molar-refractivity contribution in [3.05, 3.63) is 57.0 Å². The third-order valence-electron chi connectivity index (χ3n) is 4.01. The predicted molar refractivity (Wildman–Crippen MR) is 97.0 cm³/mol. The van der Waals surface area contributed by atoms with Crippen molar-refractivity contribution in [1.82, 2.24) is 14.9 Å². The van der Waals surface area contributed by atoms with Crippen LogP contribution in [0.5, 0.6) is 5.75 Å². The van der Waals surface area contributed by atoms with E-state index in [1.165, 1.54) is 24.1 Å². The second kappa shape index (κ2) is 7.27. The number of H-pyrrole nitrogens is 1. The quantitative estimate of drug-likeness (QED) is 0.909. The van der Waals surface area contributed by atoms with E-state index in [2.05, 4.69) is 9.97 Å². The lowest BCUT2D eigenvalue weighted by molar-refractivity contribution is 0.0781. The Kier molecular flexibility index (Phi) is 5.49. The van der Waals surface area contributed by atoms with E-state index in [1.807, 2.05) is 20.8 Å². The van der Waals surface area contributed by atoms with E-state index in [4.69, 9.17) is 4.74 Å². The minimum absolute atomic E-state index is 0.00511. The molecule has 0 spiro atoms. The van der Waals surface area contributed by atoms with Gasteiger partial charge < -0.3 is 14.6 Å². The topological polar surface area (TPSA) is 75.3 Å². The van der Waals surface area contributed by atoms with E-state index < -0.39 is 17.3 Å². The van der Waals surface area contributed by atoms with Gasteiger partial charge in [-0.15, -0.1) is 0 Å². The van der Waals surface area contributed by atoms with Gasteiger partial charge in [-0.3, -0.25) is 9.59 Å². The molecule has 2 rings (SSSR count). The molecule has 0 aliphatic carbocycles. The van der Waals surface area contributed by atoms with Crippen molar-refractivity contribution < 1.29 is 13.9 Å². The first kappa shape index (κ1) is 19.6. The Labute approximate surface area is 152 Å². The summed E-state index contributed by atoms with van der Waals surface area (Å²) in [5.41, 5.74) is 0.150. The van der Waals surface area contributed by atoms with Crippen LogP contribution >= 0.6 is 0 Å². The molecule has 1 aromatic heterocycles. The number of aromatic amines is 1. The number of halogens is 1. The maximum absolute atomic E-state index is 13.8. The Bertz CT molecular complexity index is 885. The molecule has 1 heterocycles. The minimum atomic E-state index is -0.504. The van der Waals surface area contributed by atoms with Gasteiger partial charge in [-0.05, 0) is 24.6 Å². The third kappa shape index (κ3) is 4.09. The standard InChI is InChI=1S/C19H24FN3O3/c1-11-15(16(24)22-18(21-11)19(2,3)4)17(25)23(5)10-12-7-8-14(26-6)13(20)9-12/h7-9H,10H2,1-6H3,(H,21,22,24). The number of benzene rings is 1. The lowest BCUT2D eigenvalue weighted by Gasteiger charge is -2.21. The van der Waals surface area contributed by atoms with E-state index >= 15 is 0 Å². The highest BCUT2D eigenvalue weighted by Crippen LogP contribution is 2.20. The number of carbonyl (C=O) groups is 1. The van der Waals surface area contributed by atoms with Crippen LogP contribution in [0, 0.1) is 12.7 Å². The summed E-state index contributed by atoms with van der Waals surface area (Å²) in [5.74, 6) is -0.308. The number of nitrogens with zero attached hydrogens (tertiary/aromatic N) is 2. The number of aryl methyl sites for hydroxylation is 1. The summed E-state index contributed by atoms with van der Waals surface area (Å²) >= 11 is 0. The van der Waals surface area contributed by atoms with E-state index in [0.717, 1.165) is 0 Å². The molecule has 0 radical (unpaired) electrons. The normalized spacial score (nSPS) is 11.3. The summed E-state index contributed by atoms with van der Waals surface area (Å²) < 4.78 is 18.7. The zero-order valence-corrected chi connectivity index (χ0v) is 15.9. The van der Waals surface area contributed by atoms with Gasteiger partial charge in [0.15, 0.2) is 11.6 Å². The molecule has 26 heavy (non-hydrogen) atoms. The summed E-state index contributed by atoms with van der Waals surface area (Å²) in [5, 5.41) is 0. The molecule has 0 bridgehead atoms. The molecule has 1 N–H and O–H groups in total. The molecule has 2 aromatic rings. The number of ether oxygens (including phenoxy) is 1. The summed E-state index contributed by atoms with van der Waals surface area (Å²) in [6.07, 6.45) is 0. The van der Waals surface area contributed by atoms with Crippen molar-refractivity contribution in [3.8, 4) is 5.75 Å². The maximum Gasteiger partial charge on any atom is 0.264 e. The van der Waals surface area contributed by atoms with Crippen LogP contribution in [0.4, 0.5) is 4.39 Å². The second-order valence-corrected chi connectivity index (χ2v) is 7.26. The number of rotatable bonds is 4. The van der Waals surface area contributed by atoms with Gasteiger partial charge in [0.05, 0.1) is 12.8 Å². The minimum Gasteiger partial charge on any atom is -0.494 e. The fourth-order valence-electron chi connectivity index (χ4n) is 2.54.